The molecule has 0 fully saturated rings. The van der Waals surface area contributed by atoms with Gasteiger partial charge in [0.2, 0.25) is 5.82 Å². The molecule has 0 radical (unpaired) electrons. The second-order valence-corrected chi connectivity index (χ2v) is 5.82. The van der Waals surface area contributed by atoms with Gasteiger partial charge in [0.05, 0.1) is 11.4 Å². The SMILES string of the molecule is CCN(Cc1ccc(-c2noc(C(C)(F)F)n2)s1)C(=O)NC. The second kappa shape index (κ2) is 6.39. The summed E-state index contributed by atoms with van der Waals surface area (Å²) in [7, 11) is 1.57. The fourth-order valence-electron chi connectivity index (χ4n) is 1.76. The summed E-state index contributed by atoms with van der Waals surface area (Å²) in [5, 5.41) is 6.13. The van der Waals surface area contributed by atoms with Gasteiger partial charge in [0, 0.05) is 25.4 Å². The van der Waals surface area contributed by atoms with Gasteiger partial charge in [-0.3, -0.25) is 0 Å². The Morgan fingerprint density at radius 3 is 2.77 bits per heavy atom. The number of alkyl halides is 2. The minimum atomic E-state index is -3.16. The lowest BCUT2D eigenvalue weighted by Crippen LogP contribution is -2.37. The molecule has 2 aromatic heterocycles. The van der Waals surface area contributed by atoms with E-state index in [9.17, 15) is 13.6 Å². The summed E-state index contributed by atoms with van der Waals surface area (Å²) >= 11 is 1.33. The Hall–Kier alpha value is -2.03. The standard InChI is InChI=1S/C13H16F2N4O2S/c1-4-19(12(20)16-3)7-8-5-6-9(22-8)10-17-11(21-18-10)13(2,14)15/h5-6H,4,7H2,1-3H3,(H,16,20). The quantitative estimate of drug-likeness (QED) is 0.914. The molecule has 0 unspecified atom stereocenters. The first-order chi connectivity index (χ1) is 10.3. The minimum Gasteiger partial charge on any atom is -0.341 e. The lowest BCUT2D eigenvalue weighted by atomic mass is 10.3. The van der Waals surface area contributed by atoms with Crippen molar-refractivity contribution in [3.05, 3.63) is 22.9 Å². The molecule has 6 nitrogen and oxygen atoms in total. The fourth-order valence-corrected chi connectivity index (χ4v) is 2.71. The second-order valence-electron chi connectivity index (χ2n) is 4.65. The molecule has 0 saturated heterocycles. The highest BCUT2D eigenvalue weighted by Gasteiger charge is 2.32. The molecule has 0 aliphatic heterocycles. The molecule has 2 amide bonds. The van der Waals surface area contributed by atoms with E-state index in [0.29, 0.717) is 24.9 Å². The smallest absolute Gasteiger partial charge is 0.322 e. The molecule has 120 valence electrons. The molecule has 0 bridgehead atoms. The molecule has 0 aliphatic rings. The summed E-state index contributed by atoms with van der Waals surface area (Å²) < 4.78 is 30.8. The number of nitrogens with one attached hydrogen (secondary N) is 1. The van der Waals surface area contributed by atoms with Crippen LogP contribution in [0.5, 0.6) is 0 Å². The number of urea groups is 1. The van der Waals surface area contributed by atoms with Crippen LogP contribution in [-0.2, 0) is 12.5 Å². The minimum absolute atomic E-state index is 0.121. The summed E-state index contributed by atoms with van der Waals surface area (Å²) in [6.07, 6.45) is 0. The molecule has 2 aromatic rings. The van der Waals surface area contributed by atoms with Crippen LogP contribution in [0.4, 0.5) is 13.6 Å². The molecule has 2 rings (SSSR count). The largest absolute Gasteiger partial charge is 0.341 e. The lowest BCUT2D eigenvalue weighted by Gasteiger charge is -2.19. The van der Waals surface area contributed by atoms with E-state index in [-0.39, 0.29) is 11.9 Å². The van der Waals surface area contributed by atoms with Crippen molar-refractivity contribution in [2.75, 3.05) is 13.6 Å². The van der Waals surface area contributed by atoms with Gasteiger partial charge < -0.3 is 14.7 Å². The lowest BCUT2D eigenvalue weighted by molar-refractivity contribution is -0.0158. The zero-order valence-electron chi connectivity index (χ0n) is 12.4. The number of thiophene rings is 1. The summed E-state index contributed by atoms with van der Waals surface area (Å²) in [6.45, 7) is 3.56. The van der Waals surface area contributed by atoms with Crippen LogP contribution in [-0.4, -0.2) is 34.7 Å². The van der Waals surface area contributed by atoms with E-state index in [1.165, 1.54) is 11.3 Å². The van der Waals surface area contributed by atoms with Gasteiger partial charge in [-0.15, -0.1) is 11.3 Å². The van der Waals surface area contributed by atoms with Gasteiger partial charge in [0.1, 0.15) is 0 Å². The van der Waals surface area contributed by atoms with Crippen molar-refractivity contribution in [1.82, 2.24) is 20.4 Å². The van der Waals surface area contributed by atoms with Gasteiger partial charge in [-0.25, -0.2) is 4.79 Å². The van der Waals surface area contributed by atoms with Gasteiger partial charge in [-0.1, -0.05) is 5.16 Å². The summed E-state index contributed by atoms with van der Waals surface area (Å²) in [6, 6.07) is 3.36. The van der Waals surface area contributed by atoms with Crippen molar-refractivity contribution in [1.29, 1.82) is 0 Å². The number of hydrogen-bond donors (Lipinski definition) is 1. The van der Waals surface area contributed by atoms with Gasteiger partial charge in [-0.2, -0.15) is 13.8 Å². The summed E-state index contributed by atoms with van der Waals surface area (Å²) in [5.74, 6) is -3.75. The van der Waals surface area contributed by atoms with Crippen molar-refractivity contribution in [3.63, 3.8) is 0 Å². The van der Waals surface area contributed by atoms with Gasteiger partial charge >= 0.3 is 12.0 Å². The molecule has 0 aliphatic carbocycles. The van der Waals surface area contributed by atoms with E-state index in [0.717, 1.165) is 4.88 Å². The Morgan fingerprint density at radius 2 is 2.23 bits per heavy atom. The monoisotopic (exact) mass is 330 g/mol. The van der Waals surface area contributed by atoms with Crippen LogP contribution in [0.25, 0.3) is 10.7 Å². The Kier molecular flexibility index (Phi) is 4.74. The maximum Gasteiger partial charge on any atom is 0.322 e. The topological polar surface area (TPSA) is 71.3 Å². The Bertz CT molecular complexity index is 651. The zero-order valence-corrected chi connectivity index (χ0v) is 13.2. The Labute approximate surface area is 130 Å². The number of carbonyl (C=O) groups excluding carboxylic acids is 1. The molecule has 2 heterocycles. The first-order valence-corrected chi connectivity index (χ1v) is 7.44. The highest BCUT2D eigenvalue weighted by Crippen LogP contribution is 2.30. The van der Waals surface area contributed by atoms with Crippen LogP contribution in [0.1, 0.15) is 24.6 Å². The van der Waals surface area contributed by atoms with Gasteiger partial charge in [0.25, 0.3) is 5.89 Å². The molecule has 1 N–H and O–H groups in total. The van der Waals surface area contributed by atoms with Crippen molar-refractivity contribution in [3.8, 4) is 10.7 Å². The number of carbonyl (C=O) groups is 1. The van der Waals surface area contributed by atoms with Crippen LogP contribution in [0, 0.1) is 0 Å². The average molecular weight is 330 g/mol. The van der Waals surface area contributed by atoms with E-state index in [4.69, 9.17) is 0 Å². The third-order valence-electron chi connectivity index (χ3n) is 2.91. The van der Waals surface area contributed by atoms with E-state index in [1.54, 1.807) is 18.0 Å². The molecule has 0 atom stereocenters. The van der Waals surface area contributed by atoms with E-state index in [1.807, 2.05) is 13.0 Å². The predicted octanol–water partition coefficient (Wildman–Crippen LogP) is 3.07. The van der Waals surface area contributed by atoms with Crippen LogP contribution < -0.4 is 5.32 Å². The van der Waals surface area contributed by atoms with Crippen LogP contribution in [0.15, 0.2) is 16.7 Å². The fraction of sp³-hybridized carbons (Fsp3) is 0.462. The molecule has 22 heavy (non-hydrogen) atoms. The summed E-state index contributed by atoms with van der Waals surface area (Å²) in [5.41, 5.74) is 0. The van der Waals surface area contributed by atoms with Crippen LogP contribution in [0.2, 0.25) is 0 Å². The first kappa shape index (κ1) is 16.3. The van der Waals surface area contributed by atoms with Crippen LogP contribution >= 0.6 is 11.3 Å². The highest BCUT2D eigenvalue weighted by molar-refractivity contribution is 7.15. The average Bonchev–Trinajstić information content (AvgIpc) is 3.11. The van der Waals surface area contributed by atoms with E-state index in [2.05, 4.69) is 20.0 Å². The first-order valence-electron chi connectivity index (χ1n) is 6.63. The molecule has 0 saturated carbocycles. The molecule has 0 spiro atoms. The van der Waals surface area contributed by atoms with Crippen molar-refractivity contribution < 1.29 is 18.1 Å². The van der Waals surface area contributed by atoms with Crippen LogP contribution in [0.3, 0.4) is 0 Å². The molecule has 9 heteroatoms. The predicted molar refractivity (Wildman–Crippen MR) is 77.7 cm³/mol. The summed E-state index contributed by atoms with van der Waals surface area (Å²) in [4.78, 5) is 18.5. The van der Waals surface area contributed by atoms with E-state index < -0.39 is 11.8 Å². The van der Waals surface area contributed by atoms with Crippen molar-refractivity contribution in [2.24, 2.45) is 0 Å². The number of aromatic nitrogens is 2. The molecular formula is C13H16F2N4O2S. The third-order valence-corrected chi connectivity index (χ3v) is 3.98. The number of halogens is 2. The maximum absolute atomic E-state index is 13.1. The Morgan fingerprint density at radius 1 is 1.50 bits per heavy atom. The van der Waals surface area contributed by atoms with E-state index >= 15 is 0 Å². The van der Waals surface area contributed by atoms with Crippen molar-refractivity contribution >= 4 is 17.4 Å². The number of rotatable bonds is 5. The number of hydrogen-bond acceptors (Lipinski definition) is 5. The molecule has 0 aromatic carbocycles. The third kappa shape index (κ3) is 3.59. The normalized spacial score (nSPS) is 11.5. The maximum atomic E-state index is 13.1. The number of amides is 2. The Balaban J connectivity index is 2.14. The van der Waals surface area contributed by atoms with Crippen molar-refractivity contribution in [2.45, 2.75) is 26.3 Å². The highest BCUT2D eigenvalue weighted by atomic mass is 32.1. The molecular weight excluding hydrogens is 314 g/mol. The zero-order chi connectivity index (χ0) is 16.3. The van der Waals surface area contributed by atoms with Gasteiger partial charge in [-0.05, 0) is 19.1 Å². The van der Waals surface area contributed by atoms with Gasteiger partial charge in [0.15, 0.2) is 0 Å². The number of nitrogens with zero attached hydrogens (tertiary/aromatic N) is 3.